The van der Waals surface area contributed by atoms with Crippen molar-refractivity contribution >= 4 is 79.1 Å². The number of rotatable bonds is 8. The van der Waals surface area contributed by atoms with E-state index in [2.05, 4.69) is 5.32 Å². The number of amides is 2. The summed E-state index contributed by atoms with van der Waals surface area (Å²) in [6.07, 6.45) is 0. The summed E-state index contributed by atoms with van der Waals surface area (Å²) in [5.74, 6) is -2.08. The Balaban J connectivity index is 1.85. The molecule has 0 aliphatic heterocycles. The number of para-hydroxylation sites is 2. The van der Waals surface area contributed by atoms with Crippen LogP contribution in [0.5, 0.6) is 0 Å². The maximum Gasteiger partial charge on any atom is 0.280 e. The Bertz CT molecular complexity index is 1780. The second-order valence-corrected chi connectivity index (χ2v) is 11.6. The number of carbonyl (C=O) groups excluding carboxylic acids is 2. The SMILES string of the molecule is O=C(Nc1ccccc1N(C(=O)c1ccc([N+](=O)[O-])cc1Cl)S(=O)(=O)c1cccs1)c1cc([N+](=O)[O-])ccc1Cl. The molecule has 0 aliphatic carbocycles. The van der Waals surface area contributed by atoms with E-state index < -0.39 is 43.1 Å². The number of nitrogens with zero attached hydrogens (tertiary/aromatic N) is 3. The lowest BCUT2D eigenvalue weighted by Gasteiger charge is -2.25. The van der Waals surface area contributed by atoms with Crippen LogP contribution in [0.1, 0.15) is 20.7 Å². The molecule has 1 aromatic heterocycles. The highest BCUT2D eigenvalue weighted by Gasteiger charge is 2.36. The van der Waals surface area contributed by atoms with Crippen LogP contribution in [0.25, 0.3) is 0 Å². The predicted molar refractivity (Wildman–Crippen MR) is 149 cm³/mol. The van der Waals surface area contributed by atoms with Crippen molar-refractivity contribution in [3.05, 3.63) is 120 Å². The van der Waals surface area contributed by atoms with Crippen molar-refractivity contribution < 1.29 is 27.9 Å². The number of nitro groups is 2. The van der Waals surface area contributed by atoms with Crippen LogP contribution in [0.2, 0.25) is 10.0 Å². The van der Waals surface area contributed by atoms with Crippen LogP contribution in [0, 0.1) is 20.2 Å². The Hall–Kier alpha value is -4.37. The number of benzene rings is 3. The van der Waals surface area contributed by atoms with Crippen molar-refractivity contribution in [1.82, 2.24) is 0 Å². The van der Waals surface area contributed by atoms with Gasteiger partial charge in [-0.15, -0.1) is 11.3 Å². The van der Waals surface area contributed by atoms with Crippen LogP contribution in [-0.2, 0) is 10.0 Å². The van der Waals surface area contributed by atoms with Gasteiger partial charge in [-0.3, -0.25) is 29.8 Å². The second kappa shape index (κ2) is 11.4. The standard InChI is InChI=1S/C24H14Cl2N4O8S2/c25-18-10-8-14(29(33)34)12-17(18)23(31)27-20-4-1-2-5-21(20)28(40(37,38)22-6-3-11-39-22)24(32)16-9-7-15(30(35)36)13-19(16)26/h1-13H,(H,27,31). The fourth-order valence-corrected chi connectivity index (χ4v) is 6.44. The van der Waals surface area contributed by atoms with Gasteiger partial charge in [-0.2, -0.15) is 12.7 Å². The van der Waals surface area contributed by atoms with Gasteiger partial charge in [-0.1, -0.05) is 41.4 Å². The van der Waals surface area contributed by atoms with Crippen LogP contribution in [0.15, 0.2) is 82.4 Å². The van der Waals surface area contributed by atoms with E-state index in [1.807, 2.05) is 0 Å². The van der Waals surface area contributed by atoms with Gasteiger partial charge in [0.1, 0.15) is 4.21 Å². The molecule has 4 rings (SSSR count). The number of carbonyl (C=O) groups is 2. The zero-order valence-electron chi connectivity index (χ0n) is 19.7. The number of hydrogen-bond donors (Lipinski definition) is 1. The molecular formula is C24H14Cl2N4O8S2. The number of anilines is 2. The zero-order chi connectivity index (χ0) is 29.2. The highest BCUT2D eigenvalue weighted by molar-refractivity contribution is 7.95. The monoisotopic (exact) mass is 620 g/mol. The molecule has 0 saturated carbocycles. The van der Waals surface area contributed by atoms with Crippen LogP contribution < -0.4 is 9.62 Å². The first-order chi connectivity index (χ1) is 18.9. The van der Waals surface area contributed by atoms with E-state index in [4.69, 9.17) is 23.2 Å². The molecule has 0 fully saturated rings. The van der Waals surface area contributed by atoms with E-state index in [-0.39, 0.29) is 36.8 Å². The van der Waals surface area contributed by atoms with E-state index in [0.717, 1.165) is 47.7 Å². The van der Waals surface area contributed by atoms with Gasteiger partial charge in [0, 0.05) is 24.3 Å². The van der Waals surface area contributed by atoms with Gasteiger partial charge in [0.25, 0.3) is 33.2 Å². The predicted octanol–water partition coefficient (Wildman–Crippen LogP) is 6.16. The smallest absolute Gasteiger partial charge is 0.280 e. The Kier molecular flexibility index (Phi) is 8.16. The fraction of sp³-hybridized carbons (Fsp3) is 0. The lowest BCUT2D eigenvalue weighted by atomic mass is 10.1. The Labute approximate surface area is 239 Å². The van der Waals surface area contributed by atoms with E-state index in [9.17, 15) is 38.2 Å². The third-order valence-corrected chi connectivity index (χ3v) is 9.06. The molecule has 0 aliphatic rings. The first-order valence-corrected chi connectivity index (χ1v) is 13.9. The first kappa shape index (κ1) is 28.6. The quantitative estimate of drug-likeness (QED) is 0.180. The van der Waals surface area contributed by atoms with E-state index >= 15 is 0 Å². The topological polar surface area (TPSA) is 170 Å². The highest BCUT2D eigenvalue weighted by Crippen LogP contribution is 2.36. The summed E-state index contributed by atoms with van der Waals surface area (Å²) in [5, 5.41) is 25.7. The number of sulfonamides is 1. The molecule has 204 valence electrons. The maximum atomic E-state index is 13.8. The molecule has 0 atom stereocenters. The van der Waals surface area contributed by atoms with Crippen molar-refractivity contribution in [2.75, 3.05) is 9.62 Å². The summed E-state index contributed by atoms with van der Waals surface area (Å²) in [6, 6.07) is 14.3. The lowest BCUT2D eigenvalue weighted by Crippen LogP contribution is -2.37. The van der Waals surface area contributed by atoms with Gasteiger partial charge < -0.3 is 5.32 Å². The summed E-state index contributed by atoms with van der Waals surface area (Å²) >= 11 is 13.1. The normalized spacial score (nSPS) is 11.1. The summed E-state index contributed by atoms with van der Waals surface area (Å²) < 4.78 is 27.7. The molecule has 0 spiro atoms. The molecule has 3 aromatic carbocycles. The van der Waals surface area contributed by atoms with Crippen LogP contribution >= 0.6 is 34.5 Å². The van der Waals surface area contributed by atoms with Gasteiger partial charge in [-0.25, -0.2) is 0 Å². The van der Waals surface area contributed by atoms with Crippen LogP contribution in [0.3, 0.4) is 0 Å². The molecule has 0 saturated heterocycles. The summed E-state index contributed by atoms with van der Waals surface area (Å²) in [7, 11) is -4.61. The van der Waals surface area contributed by atoms with E-state index in [1.54, 1.807) is 0 Å². The minimum atomic E-state index is -4.61. The molecule has 12 nitrogen and oxygen atoms in total. The molecule has 1 N–H and O–H groups in total. The number of nitrogens with one attached hydrogen (secondary N) is 1. The van der Waals surface area contributed by atoms with Crippen LogP contribution in [0.4, 0.5) is 22.7 Å². The van der Waals surface area contributed by atoms with Crippen molar-refractivity contribution in [3.8, 4) is 0 Å². The van der Waals surface area contributed by atoms with Crippen LogP contribution in [-0.4, -0.2) is 30.1 Å². The Morgan fingerprint density at radius 1 is 0.825 bits per heavy atom. The van der Waals surface area contributed by atoms with Gasteiger partial charge in [0.15, 0.2) is 0 Å². The number of nitro benzene ring substituents is 2. The second-order valence-electron chi connectivity index (χ2n) is 7.82. The molecule has 0 radical (unpaired) electrons. The Morgan fingerprint density at radius 2 is 1.48 bits per heavy atom. The molecule has 1 heterocycles. The van der Waals surface area contributed by atoms with Gasteiger partial charge >= 0.3 is 0 Å². The Morgan fingerprint density at radius 3 is 2.10 bits per heavy atom. The minimum absolute atomic E-state index is 0.114. The number of hydrogen-bond acceptors (Lipinski definition) is 9. The average Bonchev–Trinajstić information content (AvgIpc) is 3.46. The molecule has 16 heteroatoms. The zero-order valence-corrected chi connectivity index (χ0v) is 22.8. The fourth-order valence-electron chi connectivity index (χ4n) is 3.50. The lowest BCUT2D eigenvalue weighted by molar-refractivity contribution is -0.385. The molecule has 40 heavy (non-hydrogen) atoms. The van der Waals surface area contributed by atoms with Crippen molar-refractivity contribution in [1.29, 1.82) is 0 Å². The molecule has 0 unspecified atom stereocenters. The number of halogens is 2. The largest absolute Gasteiger partial charge is 0.320 e. The summed E-state index contributed by atoms with van der Waals surface area (Å²) in [6.45, 7) is 0. The third-order valence-electron chi connectivity index (χ3n) is 5.34. The van der Waals surface area contributed by atoms with Crippen molar-refractivity contribution in [3.63, 3.8) is 0 Å². The molecule has 2 amide bonds. The molecular weight excluding hydrogens is 607 g/mol. The van der Waals surface area contributed by atoms with Crippen molar-refractivity contribution in [2.45, 2.75) is 4.21 Å². The van der Waals surface area contributed by atoms with Crippen molar-refractivity contribution in [2.24, 2.45) is 0 Å². The minimum Gasteiger partial charge on any atom is -0.320 e. The summed E-state index contributed by atoms with van der Waals surface area (Å²) in [4.78, 5) is 47.7. The summed E-state index contributed by atoms with van der Waals surface area (Å²) in [5.41, 5.74) is -1.94. The van der Waals surface area contributed by atoms with Gasteiger partial charge in [0.2, 0.25) is 0 Å². The first-order valence-electron chi connectivity index (χ1n) is 10.8. The number of thiophene rings is 1. The average molecular weight is 621 g/mol. The van der Waals surface area contributed by atoms with Gasteiger partial charge in [0.05, 0.1) is 42.4 Å². The molecule has 4 aromatic rings. The third kappa shape index (κ3) is 5.65. The molecule has 0 bridgehead atoms. The van der Waals surface area contributed by atoms with Gasteiger partial charge in [-0.05, 0) is 35.7 Å². The number of non-ortho nitro benzene ring substituents is 2. The maximum absolute atomic E-state index is 13.8. The van der Waals surface area contributed by atoms with E-state index in [0.29, 0.717) is 4.31 Å². The highest BCUT2D eigenvalue weighted by atomic mass is 35.5. The van der Waals surface area contributed by atoms with E-state index in [1.165, 1.54) is 41.8 Å².